The van der Waals surface area contributed by atoms with Gasteiger partial charge >= 0.3 is 0 Å². The van der Waals surface area contributed by atoms with Gasteiger partial charge in [0.15, 0.2) is 11.0 Å². The van der Waals surface area contributed by atoms with E-state index in [1.807, 2.05) is 54.0 Å². The molecular formula is C24H23ClN4OS2. The van der Waals surface area contributed by atoms with Crippen LogP contribution in [-0.4, -0.2) is 19.7 Å². The van der Waals surface area contributed by atoms with Crippen LogP contribution in [-0.2, 0) is 18.9 Å². The summed E-state index contributed by atoms with van der Waals surface area (Å²) in [6, 6.07) is 13.9. The van der Waals surface area contributed by atoms with Gasteiger partial charge in [0.25, 0.3) is 0 Å². The number of nitrogens with zero attached hydrogens (tertiary/aromatic N) is 4. The Bertz CT molecular complexity index is 1230. The fourth-order valence-electron chi connectivity index (χ4n) is 3.22. The van der Waals surface area contributed by atoms with Crippen molar-refractivity contribution in [3.05, 3.63) is 88.2 Å². The maximum atomic E-state index is 6.31. The second kappa shape index (κ2) is 10.3. The van der Waals surface area contributed by atoms with Gasteiger partial charge in [-0.15, -0.1) is 28.1 Å². The number of hydrogen-bond donors (Lipinski definition) is 0. The first kappa shape index (κ1) is 22.6. The van der Waals surface area contributed by atoms with Crippen molar-refractivity contribution in [1.29, 1.82) is 0 Å². The fraction of sp³-hybridized carbons (Fsp3) is 0.208. The number of rotatable bonds is 9. The minimum Gasteiger partial charge on any atom is -0.485 e. The standard InChI is InChI=1S/C24H23ClN4OS2/c1-4-11-29-22(13-30-21-10-9-16(2)12-17(21)3)27-28-24(29)32-15-18-14-31-23(26-18)19-7-5-6-8-20(19)25/h4-10,12,14H,1,11,13,15H2,2-3H3. The third-order valence-corrected chi connectivity index (χ3v) is 7.05. The van der Waals surface area contributed by atoms with E-state index in [2.05, 4.69) is 35.1 Å². The second-order valence-corrected chi connectivity index (χ2v) is 9.48. The van der Waals surface area contributed by atoms with Crippen LogP contribution in [0.25, 0.3) is 10.6 Å². The van der Waals surface area contributed by atoms with Crippen molar-refractivity contribution in [2.45, 2.75) is 37.9 Å². The number of aromatic nitrogens is 4. The molecule has 2 aromatic carbocycles. The Labute approximate surface area is 201 Å². The molecule has 0 fully saturated rings. The molecule has 0 saturated carbocycles. The summed E-state index contributed by atoms with van der Waals surface area (Å²) < 4.78 is 8.04. The lowest BCUT2D eigenvalue weighted by atomic mass is 10.1. The lowest BCUT2D eigenvalue weighted by Crippen LogP contribution is -2.08. The molecule has 0 aliphatic heterocycles. The van der Waals surface area contributed by atoms with E-state index in [4.69, 9.17) is 21.3 Å². The molecule has 2 heterocycles. The van der Waals surface area contributed by atoms with E-state index in [9.17, 15) is 0 Å². The van der Waals surface area contributed by atoms with E-state index in [-0.39, 0.29) is 0 Å². The highest BCUT2D eigenvalue weighted by Crippen LogP contribution is 2.32. The van der Waals surface area contributed by atoms with Crippen molar-refractivity contribution in [3.63, 3.8) is 0 Å². The van der Waals surface area contributed by atoms with Crippen LogP contribution >= 0.6 is 34.7 Å². The molecule has 0 spiro atoms. The van der Waals surface area contributed by atoms with Gasteiger partial charge in [-0.2, -0.15) is 0 Å². The maximum Gasteiger partial charge on any atom is 0.191 e. The van der Waals surface area contributed by atoms with Crippen molar-refractivity contribution in [3.8, 4) is 16.3 Å². The van der Waals surface area contributed by atoms with E-state index < -0.39 is 0 Å². The largest absolute Gasteiger partial charge is 0.485 e. The first-order chi connectivity index (χ1) is 15.5. The molecule has 0 N–H and O–H groups in total. The van der Waals surface area contributed by atoms with E-state index in [0.29, 0.717) is 23.9 Å². The molecule has 4 rings (SSSR count). The monoisotopic (exact) mass is 482 g/mol. The number of aryl methyl sites for hydroxylation is 2. The molecule has 0 amide bonds. The van der Waals surface area contributed by atoms with Gasteiger partial charge in [0, 0.05) is 23.2 Å². The van der Waals surface area contributed by atoms with Gasteiger partial charge in [0.1, 0.15) is 17.4 Å². The average molecular weight is 483 g/mol. The summed E-state index contributed by atoms with van der Waals surface area (Å²) in [7, 11) is 0. The van der Waals surface area contributed by atoms with Crippen LogP contribution in [0.1, 0.15) is 22.6 Å². The first-order valence-electron chi connectivity index (χ1n) is 10.1. The quantitative estimate of drug-likeness (QED) is 0.195. The van der Waals surface area contributed by atoms with Crippen LogP contribution < -0.4 is 4.74 Å². The summed E-state index contributed by atoms with van der Waals surface area (Å²) in [4.78, 5) is 4.74. The number of halogens is 1. The third-order valence-electron chi connectivity index (χ3n) is 4.80. The molecule has 2 aromatic heterocycles. The van der Waals surface area contributed by atoms with E-state index in [1.165, 1.54) is 5.56 Å². The number of thiazole rings is 1. The predicted octanol–water partition coefficient (Wildman–Crippen LogP) is 6.73. The summed E-state index contributed by atoms with van der Waals surface area (Å²) in [5.74, 6) is 2.31. The molecule has 0 radical (unpaired) electrons. The highest BCUT2D eigenvalue weighted by molar-refractivity contribution is 7.98. The Kier molecular flexibility index (Phi) is 7.29. The summed E-state index contributed by atoms with van der Waals surface area (Å²) in [5.41, 5.74) is 4.25. The molecule has 0 atom stereocenters. The van der Waals surface area contributed by atoms with E-state index in [0.717, 1.165) is 38.6 Å². The van der Waals surface area contributed by atoms with Crippen molar-refractivity contribution in [1.82, 2.24) is 19.7 Å². The molecule has 0 saturated heterocycles. The molecule has 0 aliphatic rings. The summed E-state index contributed by atoms with van der Waals surface area (Å²) in [6.45, 7) is 8.95. The summed E-state index contributed by atoms with van der Waals surface area (Å²) in [6.07, 6.45) is 1.84. The minimum absolute atomic E-state index is 0.346. The lowest BCUT2D eigenvalue weighted by molar-refractivity contribution is 0.287. The van der Waals surface area contributed by atoms with Crippen LogP contribution in [0.5, 0.6) is 5.75 Å². The van der Waals surface area contributed by atoms with Crippen molar-refractivity contribution < 1.29 is 4.74 Å². The topological polar surface area (TPSA) is 52.8 Å². The Morgan fingerprint density at radius 2 is 2.03 bits per heavy atom. The molecule has 0 bridgehead atoms. The number of hydrogen-bond acceptors (Lipinski definition) is 6. The Morgan fingerprint density at radius 1 is 1.19 bits per heavy atom. The first-order valence-corrected chi connectivity index (χ1v) is 12.3. The molecule has 164 valence electrons. The van der Waals surface area contributed by atoms with Crippen LogP contribution in [0.2, 0.25) is 5.02 Å². The molecule has 8 heteroatoms. The van der Waals surface area contributed by atoms with Gasteiger partial charge in [-0.05, 0) is 31.5 Å². The van der Waals surface area contributed by atoms with Gasteiger partial charge in [0.05, 0.1) is 10.7 Å². The van der Waals surface area contributed by atoms with Crippen molar-refractivity contribution >= 4 is 34.7 Å². The van der Waals surface area contributed by atoms with Gasteiger partial charge in [-0.3, -0.25) is 4.57 Å². The Balaban J connectivity index is 1.44. The third kappa shape index (κ3) is 5.23. The highest BCUT2D eigenvalue weighted by atomic mass is 35.5. The zero-order valence-electron chi connectivity index (χ0n) is 17.9. The van der Waals surface area contributed by atoms with E-state index >= 15 is 0 Å². The summed E-state index contributed by atoms with van der Waals surface area (Å²) >= 11 is 9.50. The molecule has 4 aromatic rings. The molecule has 0 aliphatic carbocycles. The van der Waals surface area contributed by atoms with Gasteiger partial charge in [0.2, 0.25) is 0 Å². The number of benzene rings is 2. The van der Waals surface area contributed by atoms with Gasteiger partial charge < -0.3 is 4.74 Å². The smallest absolute Gasteiger partial charge is 0.191 e. The van der Waals surface area contributed by atoms with E-state index in [1.54, 1.807) is 23.1 Å². The van der Waals surface area contributed by atoms with Gasteiger partial charge in [-0.1, -0.05) is 65.3 Å². The highest BCUT2D eigenvalue weighted by Gasteiger charge is 2.15. The molecule has 0 unspecified atom stereocenters. The van der Waals surface area contributed by atoms with Crippen LogP contribution in [0.15, 0.2) is 65.7 Å². The van der Waals surface area contributed by atoms with Crippen molar-refractivity contribution in [2.24, 2.45) is 0 Å². The van der Waals surface area contributed by atoms with Gasteiger partial charge in [-0.25, -0.2) is 4.98 Å². The zero-order valence-corrected chi connectivity index (χ0v) is 20.3. The molecule has 32 heavy (non-hydrogen) atoms. The minimum atomic E-state index is 0.346. The van der Waals surface area contributed by atoms with Crippen molar-refractivity contribution in [2.75, 3.05) is 0 Å². The molecular weight excluding hydrogens is 460 g/mol. The molecule has 5 nitrogen and oxygen atoms in total. The number of allylic oxidation sites excluding steroid dienone is 1. The number of ether oxygens (including phenoxy) is 1. The normalized spacial score (nSPS) is 11.0. The SMILES string of the molecule is C=CCn1c(COc2ccc(C)cc2C)nnc1SCc1csc(-c2ccccc2Cl)n1. The van der Waals surface area contributed by atoms with Crippen LogP contribution in [0, 0.1) is 13.8 Å². The second-order valence-electron chi connectivity index (χ2n) is 7.27. The Hall–Kier alpha value is -2.61. The number of thioether (sulfide) groups is 1. The zero-order chi connectivity index (χ0) is 22.5. The predicted molar refractivity (Wildman–Crippen MR) is 133 cm³/mol. The van der Waals surface area contributed by atoms with Crippen LogP contribution in [0.4, 0.5) is 0 Å². The van der Waals surface area contributed by atoms with Crippen LogP contribution in [0.3, 0.4) is 0 Å². The summed E-state index contributed by atoms with van der Waals surface area (Å²) in [5, 5.41) is 13.2. The maximum absolute atomic E-state index is 6.31. The Morgan fingerprint density at radius 3 is 2.81 bits per heavy atom. The fourth-order valence-corrected chi connectivity index (χ4v) is 5.32. The lowest BCUT2D eigenvalue weighted by Gasteiger charge is -2.11. The average Bonchev–Trinajstić information content (AvgIpc) is 3.39.